The average Bonchev–Trinajstić information content (AvgIpc) is 3.26. The van der Waals surface area contributed by atoms with Crippen LogP contribution in [-0.4, -0.2) is 62.4 Å². The summed E-state index contributed by atoms with van der Waals surface area (Å²) in [4.78, 5) is 28.4. The molecule has 3 heterocycles. The van der Waals surface area contributed by atoms with Gasteiger partial charge in [0.1, 0.15) is 11.5 Å². The topological polar surface area (TPSA) is 141 Å². The van der Waals surface area contributed by atoms with Gasteiger partial charge in [0.25, 0.3) is 5.91 Å². The molecule has 36 heavy (non-hydrogen) atoms. The molecule has 11 nitrogen and oxygen atoms in total. The van der Waals surface area contributed by atoms with E-state index < -0.39 is 0 Å². The Kier molecular flexibility index (Phi) is 8.32. The quantitative estimate of drug-likeness (QED) is 0.330. The lowest BCUT2D eigenvalue weighted by Crippen LogP contribution is -2.41. The van der Waals surface area contributed by atoms with Gasteiger partial charge in [0.15, 0.2) is 5.82 Å². The number of carbonyl (C=O) groups is 1. The van der Waals surface area contributed by atoms with E-state index >= 15 is 0 Å². The first-order valence-electron chi connectivity index (χ1n) is 12.3. The molecular weight excluding hydrogens is 460 g/mol. The molecule has 0 radical (unpaired) electrons. The molecule has 3 atom stereocenters. The standard InChI is InChI=1S/C25H34N8O3/c1-4-16-8-9-17(27-24(35)20-7-5-6-10-26-20)12-19(11-16)33(2)25-29-21(14-23(30-25)36-3)28-22-13-18(15-34)31-32-22/h5-7,10,13-14,16-17,19,34H,4,8-9,11-12,15H2,1-3H3,(H,27,35)(H2,28,29,30,31,32). The van der Waals surface area contributed by atoms with E-state index in [2.05, 4.69) is 42.6 Å². The summed E-state index contributed by atoms with van der Waals surface area (Å²) in [6.45, 7) is 2.08. The molecule has 1 saturated carbocycles. The van der Waals surface area contributed by atoms with Crippen molar-refractivity contribution >= 4 is 23.5 Å². The van der Waals surface area contributed by atoms with Crippen LogP contribution in [0.1, 0.15) is 55.2 Å². The third-order valence-corrected chi connectivity index (χ3v) is 6.72. The molecule has 0 aromatic carbocycles. The molecule has 4 N–H and O–H groups in total. The summed E-state index contributed by atoms with van der Waals surface area (Å²) in [6.07, 6.45) is 6.42. The first-order chi connectivity index (χ1) is 17.5. The zero-order chi connectivity index (χ0) is 25.5. The summed E-state index contributed by atoms with van der Waals surface area (Å²) >= 11 is 0. The second-order valence-corrected chi connectivity index (χ2v) is 9.13. The minimum Gasteiger partial charge on any atom is -0.481 e. The Labute approximate surface area is 210 Å². The lowest BCUT2D eigenvalue weighted by Gasteiger charge is -2.31. The number of aromatic amines is 1. The van der Waals surface area contributed by atoms with Gasteiger partial charge < -0.3 is 25.4 Å². The Morgan fingerprint density at radius 3 is 2.78 bits per heavy atom. The highest BCUT2D eigenvalue weighted by Gasteiger charge is 2.30. The van der Waals surface area contributed by atoms with E-state index in [1.807, 2.05) is 13.1 Å². The highest BCUT2D eigenvalue weighted by atomic mass is 16.5. The van der Waals surface area contributed by atoms with Gasteiger partial charge in [-0.1, -0.05) is 19.4 Å². The molecule has 3 unspecified atom stereocenters. The molecule has 4 rings (SSSR count). The lowest BCUT2D eigenvalue weighted by molar-refractivity contribution is 0.0927. The fourth-order valence-electron chi connectivity index (χ4n) is 4.60. The third kappa shape index (κ3) is 6.28. The second-order valence-electron chi connectivity index (χ2n) is 9.13. The summed E-state index contributed by atoms with van der Waals surface area (Å²) in [5.74, 6) is 2.39. The van der Waals surface area contributed by atoms with Crippen LogP contribution in [-0.2, 0) is 6.61 Å². The van der Waals surface area contributed by atoms with Crippen molar-refractivity contribution in [3.63, 3.8) is 0 Å². The number of pyridine rings is 1. The predicted octanol–water partition coefficient (Wildman–Crippen LogP) is 3.04. The van der Waals surface area contributed by atoms with Gasteiger partial charge in [-0.15, -0.1) is 0 Å². The summed E-state index contributed by atoms with van der Waals surface area (Å²) in [7, 11) is 3.55. The number of hydrogen-bond acceptors (Lipinski definition) is 9. The van der Waals surface area contributed by atoms with Crippen LogP contribution >= 0.6 is 0 Å². The number of carbonyl (C=O) groups excluding carboxylic acids is 1. The number of nitrogens with zero attached hydrogens (tertiary/aromatic N) is 5. The molecule has 3 aromatic rings. The average molecular weight is 495 g/mol. The Morgan fingerprint density at radius 2 is 2.08 bits per heavy atom. The van der Waals surface area contributed by atoms with E-state index in [-0.39, 0.29) is 24.6 Å². The lowest BCUT2D eigenvalue weighted by atomic mass is 9.95. The first kappa shape index (κ1) is 25.4. The van der Waals surface area contributed by atoms with Gasteiger partial charge in [0, 0.05) is 37.5 Å². The molecule has 0 bridgehead atoms. The number of amides is 1. The van der Waals surface area contributed by atoms with Gasteiger partial charge in [-0.25, -0.2) is 0 Å². The third-order valence-electron chi connectivity index (χ3n) is 6.72. The van der Waals surface area contributed by atoms with Crippen LogP contribution in [0.5, 0.6) is 5.88 Å². The normalized spacial score (nSPS) is 19.8. The van der Waals surface area contributed by atoms with Crippen molar-refractivity contribution in [1.29, 1.82) is 0 Å². The van der Waals surface area contributed by atoms with Crippen LogP contribution in [0, 0.1) is 5.92 Å². The number of aromatic nitrogens is 5. The van der Waals surface area contributed by atoms with E-state index in [4.69, 9.17) is 9.72 Å². The molecular formula is C25H34N8O3. The summed E-state index contributed by atoms with van der Waals surface area (Å²) in [5, 5.41) is 22.5. The van der Waals surface area contributed by atoms with Gasteiger partial charge in [-0.05, 0) is 43.7 Å². The van der Waals surface area contributed by atoms with Crippen molar-refractivity contribution in [2.24, 2.45) is 5.92 Å². The maximum Gasteiger partial charge on any atom is 0.270 e. The fraction of sp³-hybridized carbons (Fsp3) is 0.480. The van der Waals surface area contributed by atoms with E-state index in [0.717, 1.165) is 32.1 Å². The van der Waals surface area contributed by atoms with Gasteiger partial charge in [0.05, 0.1) is 19.4 Å². The molecule has 1 amide bonds. The van der Waals surface area contributed by atoms with Crippen molar-refractivity contribution in [2.75, 3.05) is 24.4 Å². The zero-order valence-corrected chi connectivity index (χ0v) is 20.9. The molecule has 0 aliphatic heterocycles. The Morgan fingerprint density at radius 1 is 1.22 bits per heavy atom. The maximum absolute atomic E-state index is 12.8. The summed E-state index contributed by atoms with van der Waals surface area (Å²) < 4.78 is 5.44. The monoisotopic (exact) mass is 494 g/mol. The Hall–Kier alpha value is -3.73. The van der Waals surface area contributed by atoms with E-state index in [1.165, 1.54) is 0 Å². The summed E-state index contributed by atoms with van der Waals surface area (Å²) in [6, 6.07) is 8.90. The number of aliphatic hydroxyl groups excluding tert-OH is 1. The van der Waals surface area contributed by atoms with Crippen molar-refractivity contribution in [2.45, 2.75) is 57.7 Å². The van der Waals surface area contributed by atoms with Crippen molar-refractivity contribution in [1.82, 2.24) is 30.5 Å². The van der Waals surface area contributed by atoms with Crippen LogP contribution in [0.15, 0.2) is 36.5 Å². The van der Waals surface area contributed by atoms with Crippen molar-refractivity contribution < 1.29 is 14.6 Å². The van der Waals surface area contributed by atoms with Gasteiger partial charge in [-0.3, -0.25) is 14.9 Å². The molecule has 1 aliphatic rings. The van der Waals surface area contributed by atoms with Crippen LogP contribution in [0.2, 0.25) is 0 Å². The zero-order valence-electron chi connectivity index (χ0n) is 20.9. The molecule has 11 heteroatoms. The van der Waals surface area contributed by atoms with E-state index in [9.17, 15) is 9.90 Å². The molecule has 1 aliphatic carbocycles. The minimum atomic E-state index is -0.151. The highest BCUT2D eigenvalue weighted by Crippen LogP contribution is 2.31. The Balaban J connectivity index is 1.53. The van der Waals surface area contributed by atoms with Crippen LogP contribution < -0.4 is 20.3 Å². The van der Waals surface area contributed by atoms with Gasteiger partial charge in [-0.2, -0.15) is 15.1 Å². The molecule has 0 spiro atoms. The molecule has 3 aromatic heterocycles. The minimum absolute atomic E-state index is 0.0210. The summed E-state index contributed by atoms with van der Waals surface area (Å²) in [5.41, 5.74) is 1.02. The van der Waals surface area contributed by atoms with E-state index in [1.54, 1.807) is 37.6 Å². The number of methoxy groups -OCH3 is 1. The number of nitrogens with one attached hydrogen (secondary N) is 3. The number of ether oxygens (including phenoxy) is 1. The van der Waals surface area contributed by atoms with Crippen LogP contribution in [0.4, 0.5) is 17.6 Å². The van der Waals surface area contributed by atoms with Crippen molar-refractivity contribution in [3.05, 3.63) is 47.9 Å². The van der Waals surface area contributed by atoms with Crippen molar-refractivity contribution in [3.8, 4) is 5.88 Å². The van der Waals surface area contributed by atoms with Gasteiger partial charge >= 0.3 is 0 Å². The SMILES string of the molecule is CCC1CCC(NC(=O)c2ccccn2)CC(N(C)c2nc(Nc3cc(CO)[nH]n3)cc(OC)n2)C1. The predicted molar refractivity (Wildman–Crippen MR) is 136 cm³/mol. The molecule has 1 fully saturated rings. The Bertz CT molecular complexity index is 1140. The number of hydrogen-bond donors (Lipinski definition) is 4. The number of H-pyrrole nitrogens is 1. The fourth-order valence-corrected chi connectivity index (χ4v) is 4.60. The number of anilines is 3. The maximum atomic E-state index is 12.8. The largest absolute Gasteiger partial charge is 0.481 e. The van der Waals surface area contributed by atoms with Crippen LogP contribution in [0.25, 0.3) is 0 Å². The highest BCUT2D eigenvalue weighted by molar-refractivity contribution is 5.92. The van der Waals surface area contributed by atoms with Gasteiger partial charge in [0.2, 0.25) is 11.8 Å². The molecule has 0 saturated heterocycles. The number of rotatable bonds is 9. The first-order valence-corrected chi connectivity index (χ1v) is 12.3. The number of aliphatic hydroxyl groups is 1. The van der Waals surface area contributed by atoms with Crippen LogP contribution in [0.3, 0.4) is 0 Å². The smallest absolute Gasteiger partial charge is 0.270 e. The molecule has 192 valence electrons. The van der Waals surface area contributed by atoms with E-state index in [0.29, 0.717) is 40.8 Å². The second kappa shape index (κ2) is 11.8.